The van der Waals surface area contributed by atoms with E-state index in [1.165, 1.54) is 0 Å². The molecular formula is C21H26N4O3. The van der Waals surface area contributed by atoms with E-state index in [-0.39, 0.29) is 17.5 Å². The number of rotatable bonds is 3. The van der Waals surface area contributed by atoms with Crippen molar-refractivity contribution >= 4 is 5.91 Å². The first-order valence-electron chi connectivity index (χ1n) is 10.6. The molecule has 148 valence electrons. The number of hydrogen-bond acceptors (Lipinski definition) is 5. The first-order chi connectivity index (χ1) is 13.7. The zero-order valence-corrected chi connectivity index (χ0v) is 16.2. The molecule has 0 aromatic carbocycles. The summed E-state index contributed by atoms with van der Waals surface area (Å²) in [6, 6.07) is 1.72. The van der Waals surface area contributed by atoms with E-state index in [2.05, 4.69) is 10.3 Å². The number of nitrogens with zero attached hydrogens (tertiary/aromatic N) is 4. The van der Waals surface area contributed by atoms with E-state index in [4.69, 9.17) is 4.52 Å². The summed E-state index contributed by atoms with van der Waals surface area (Å²) < 4.78 is 7.03. The van der Waals surface area contributed by atoms with Gasteiger partial charge in [-0.1, -0.05) is 5.16 Å². The van der Waals surface area contributed by atoms with Crippen LogP contribution in [0.4, 0.5) is 0 Å². The van der Waals surface area contributed by atoms with Crippen molar-refractivity contribution in [1.29, 1.82) is 0 Å². The van der Waals surface area contributed by atoms with Gasteiger partial charge in [0.2, 0.25) is 5.76 Å². The van der Waals surface area contributed by atoms with Crippen LogP contribution in [0.3, 0.4) is 0 Å². The Balaban J connectivity index is 1.38. The fourth-order valence-electron chi connectivity index (χ4n) is 4.91. The van der Waals surface area contributed by atoms with Gasteiger partial charge in [0.1, 0.15) is 0 Å². The Kier molecular flexibility index (Phi) is 4.53. The summed E-state index contributed by atoms with van der Waals surface area (Å²) >= 11 is 0. The predicted octanol–water partition coefficient (Wildman–Crippen LogP) is 2.29. The van der Waals surface area contributed by atoms with Crippen molar-refractivity contribution < 1.29 is 9.32 Å². The summed E-state index contributed by atoms with van der Waals surface area (Å²) in [5.41, 5.74) is 4.02. The highest BCUT2D eigenvalue weighted by Crippen LogP contribution is 2.28. The van der Waals surface area contributed by atoms with Crippen LogP contribution in [0.15, 0.2) is 15.4 Å². The van der Waals surface area contributed by atoms with Gasteiger partial charge in [-0.15, -0.1) is 0 Å². The molecule has 5 rings (SSSR count). The largest absolute Gasteiger partial charge is 0.350 e. The van der Waals surface area contributed by atoms with Crippen molar-refractivity contribution in [3.63, 3.8) is 0 Å². The van der Waals surface area contributed by atoms with Gasteiger partial charge >= 0.3 is 0 Å². The number of aromatic nitrogens is 3. The van der Waals surface area contributed by atoms with Crippen molar-refractivity contribution in [1.82, 2.24) is 19.8 Å². The number of amides is 1. The van der Waals surface area contributed by atoms with E-state index in [9.17, 15) is 9.59 Å². The quantitative estimate of drug-likeness (QED) is 0.814. The third kappa shape index (κ3) is 3.06. The Hall–Kier alpha value is -2.44. The molecule has 1 fully saturated rings. The second-order valence-electron chi connectivity index (χ2n) is 8.28. The van der Waals surface area contributed by atoms with E-state index < -0.39 is 0 Å². The lowest BCUT2D eigenvalue weighted by atomic mass is 9.96. The zero-order valence-electron chi connectivity index (χ0n) is 16.2. The summed E-state index contributed by atoms with van der Waals surface area (Å²) in [7, 11) is 0. The van der Waals surface area contributed by atoms with Crippen LogP contribution in [0.25, 0.3) is 0 Å². The Morgan fingerprint density at radius 1 is 1.07 bits per heavy atom. The van der Waals surface area contributed by atoms with Crippen LogP contribution in [0.5, 0.6) is 0 Å². The van der Waals surface area contributed by atoms with E-state index >= 15 is 0 Å². The Morgan fingerprint density at radius 2 is 1.86 bits per heavy atom. The first-order valence-corrected chi connectivity index (χ1v) is 10.6. The topological polar surface area (TPSA) is 81.2 Å². The number of hydrogen-bond donors (Lipinski definition) is 0. The van der Waals surface area contributed by atoms with Crippen LogP contribution in [0, 0.1) is 0 Å². The van der Waals surface area contributed by atoms with Crippen molar-refractivity contribution in [3.8, 4) is 0 Å². The molecule has 2 aromatic heterocycles. The van der Waals surface area contributed by atoms with Gasteiger partial charge in [0.15, 0.2) is 0 Å². The summed E-state index contributed by atoms with van der Waals surface area (Å²) in [6.07, 6.45) is 9.90. The normalized spacial score (nSPS) is 21.4. The highest BCUT2D eigenvalue weighted by molar-refractivity contribution is 5.93. The van der Waals surface area contributed by atoms with Gasteiger partial charge in [-0.2, -0.15) is 5.10 Å². The third-order valence-corrected chi connectivity index (χ3v) is 6.45. The molecule has 0 spiro atoms. The molecule has 1 amide bonds. The molecule has 2 aliphatic carbocycles. The summed E-state index contributed by atoms with van der Waals surface area (Å²) in [5, 5.41) is 8.76. The minimum absolute atomic E-state index is 0.0244. The molecule has 0 radical (unpaired) electrons. The first kappa shape index (κ1) is 17.6. The highest BCUT2D eigenvalue weighted by Gasteiger charge is 2.35. The SMILES string of the molecule is O=C(c1onc2c1CCCC2)N1CCCC1Cn1nc2c(cc1=O)CCCC2. The minimum Gasteiger partial charge on any atom is -0.350 e. The highest BCUT2D eigenvalue weighted by atomic mass is 16.5. The Morgan fingerprint density at radius 3 is 2.75 bits per heavy atom. The van der Waals surface area contributed by atoms with Gasteiger partial charge < -0.3 is 9.42 Å². The maximum atomic E-state index is 13.2. The molecule has 1 unspecified atom stereocenters. The smallest absolute Gasteiger partial charge is 0.293 e. The molecule has 1 aliphatic heterocycles. The monoisotopic (exact) mass is 382 g/mol. The molecule has 1 saturated heterocycles. The average molecular weight is 382 g/mol. The molecular weight excluding hydrogens is 356 g/mol. The number of carbonyl (C=O) groups is 1. The van der Waals surface area contributed by atoms with Crippen LogP contribution >= 0.6 is 0 Å². The molecule has 0 saturated carbocycles. The van der Waals surface area contributed by atoms with Crippen LogP contribution in [0.1, 0.15) is 71.6 Å². The molecule has 0 bridgehead atoms. The molecule has 2 aromatic rings. The van der Waals surface area contributed by atoms with Crippen molar-refractivity contribution in [2.45, 2.75) is 76.8 Å². The van der Waals surface area contributed by atoms with E-state index in [1.807, 2.05) is 4.90 Å². The van der Waals surface area contributed by atoms with Gasteiger partial charge in [0, 0.05) is 18.2 Å². The van der Waals surface area contributed by atoms with Crippen LogP contribution in [-0.4, -0.2) is 38.3 Å². The lowest BCUT2D eigenvalue weighted by molar-refractivity contribution is 0.0676. The van der Waals surface area contributed by atoms with E-state index in [1.54, 1.807) is 10.7 Å². The van der Waals surface area contributed by atoms with Gasteiger partial charge in [0.05, 0.1) is 24.0 Å². The van der Waals surface area contributed by atoms with Gasteiger partial charge in [0.25, 0.3) is 11.5 Å². The predicted molar refractivity (Wildman–Crippen MR) is 102 cm³/mol. The summed E-state index contributed by atoms with van der Waals surface area (Å²) in [4.78, 5) is 27.6. The van der Waals surface area contributed by atoms with Crippen molar-refractivity contribution in [2.75, 3.05) is 6.54 Å². The molecule has 1 atom stereocenters. The molecule has 3 heterocycles. The Labute approximate surface area is 163 Å². The molecule has 7 heteroatoms. The van der Waals surface area contributed by atoms with Gasteiger partial charge in [-0.05, 0) is 69.8 Å². The van der Waals surface area contributed by atoms with Crippen LogP contribution in [0.2, 0.25) is 0 Å². The Bertz CT molecular complexity index is 961. The second kappa shape index (κ2) is 7.18. The zero-order chi connectivity index (χ0) is 19.1. The summed E-state index contributed by atoms with van der Waals surface area (Å²) in [5.74, 6) is 0.330. The second-order valence-corrected chi connectivity index (χ2v) is 8.28. The van der Waals surface area contributed by atoms with Crippen molar-refractivity contribution in [2.24, 2.45) is 0 Å². The van der Waals surface area contributed by atoms with Gasteiger partial charge in [-0.3, -0.25) is 9.59 Å². The van der Waals surface area contributed by atoms with Crippen LogP contribution in [-0.2, 0) is 32.2 Å². The number of carbonyl (C=O) groups excluding carboxylic acids is 1. The molecule has 0 N–H and O–H groups in total. The van der Waals surface area contributed by atoms with Gasteiger partial charge in [-0.25, -0.2) is 4.68 Å². The summed E-state index contributed by atoms with van der Waals surface area (Å²) in [6.45, 7) is 1.15. The number of aryl methyl sites for hydroxylation is 3. The standard InChI is InChI=1S/C21H26N4O3/c26-19-12-14-6-1-3-9-17(14)22-25(19)13-15-7-5-11-24(15)21(27)20-16-8-2-4-10-18(16)23-28-20/h12,15H,1-11,13H2. The minimum atomic E-state index is -0.0795. The molecule has 3 aliphatic rings. The fraction of sp³-hybridized carbons (Fsp3) is 0.619. The molecule has 7 nitrogen and oxygen atoms in total. The average Bonchev–Trinajstić information content (AvgIpc) is 3.35. The van der Waals surface area contributed by atoms with E-state index in [0.29, 0.717) is 18.8 Å². The molecule has 28 heavy (non-hydrogen) atoms. The number of fused-ring (bicyclic) bond motifs is 2. The van der Waals surface area contributed by atoms with Crippen LogP contribution < -0.4 is 5.56 Å². The van der Waals surface area contributed by atoms with E-state index in [0.717, 1.165) is 86.7 Å². The maximum Gasteiger partial charge on any atom is 0.293 e. The van der Waals surface area contributed by atoms with Crippen molar-refractivity contribution in [3.05, 3.63) is 44.7 Å². The third-order valence-electron chi connectivity index (χ3n) is 6.45. The lowest BCUT2D eigenvalue weighted by Crippen LogP contribution is -2.41. The number of likely N-dealkylation sites (tertiary alicyclic amines) is 1. The maximum absolute atomic E-state index is 13.2. The lowest BCUT2D eigenvalue weighted by Gasteiger charge is -2.25. The fourth-order valence-corrected chi connectivity index (χ4v) is 4.91.